The molecule has 0 aliphatic heterocycles. The molecule has 0 amide bonds. The highest BCUT2D eigenvalue weighted by Gasteiger charge is 2.06. The number of rotatable bonds is 2. The highest BCUT2D eigenvalue weighted by molar-refractivity contribution is 6.30. The van der Waals surface area contributed by atoms with Crippen LogP contribution in [0.2, 0.25) is 5.02 Å². The monoisotopic (exact) mass is 238 g/mol. The minimum Gasteiger partial charge on any atom is -0.493 e. The van der Waals surface area contributed by atoms with Crippen molar-refractivity contribution in [1.29, 1.82) is 0 Å². The van der Waals surface area contributed by atoms with Crippen molar-refractivity contribution in [2.24, 2.45) is 7.05 Å². The van der Waals surface area contributed by atoms with E-state index in [1.54, 1.807) is 12.1 Å². The second-order valence-electron chi connectivity index (χ2n) is 3.59. The maximum atomic E-state index is 11.6. The van der Waals surface area contributed by atoms with Crippen LogP contribution in [0.4, 0.5) is 0 Å². The lowest BCUT2D eigenvalue weighted by Gasteiger charge is -2.01. The highest BCUT2D eigenvalue weighted by Crippen LogP contribution is 2.12. The van der Waals surface area contributed by atoms with Gasteiger partial charge in [-0.05, 0) is 17.7 Å². The first-order valence-electron chi connectivity index (χ1n) is 4.77. The molecule has 1 heterocycles. The van der Waals surface area contributed by atoms with E-state index in [2.05, 4.69) is 0 Å². The van der Waals surface area contributed by atoms with Crippen molar-refractivity contribution in [2.75, 3.05) is 0 Å². The molecule has 0 fully saturated rings. The molecule has 0 saturated carbocycles. The first-order valence-corrected chi connectivity index (χ1v) is 5.15. The van der Waals surface area contributed by atoms with Crippen molar-refractivity contribution >= 4 is 11.6 Å². The van der Waals surface area contributed by atoms with E-state index >= 15 is 0 Å². The van der Waals surface area contributed by atoms with Crippen LogP contribution >= 0.6 is 11.6 Å². The molecule has 0 aliphatic rings. The molecule has 2 rings (SSSR count). The molecular weight excluding hydrogens is 228 g/mol. The minimum atomic E-state index is -0.252. The molecule has 0 radical (unpaired) electrons. The Labute approximate surface area is 97.3 Å². The molecule has 4 nitrogen and oxygen atoms in total. The van der Waals surface area contributed by atoms with Gasteiger partial charge in [-0.1, -0.05) is 23.7 Å². The van der Waals surface area contributed by atoms with Crippen molar-refractivity contribution in [3.8, 4) is 5.88 Å². The fourth-order valence-electron chi connectivity index (χ4n) is 1.52. The van der Waals surface area contributed by atoms with Gasteiger partial charge < -0.3 is 5.11 Å². The Kier molecular flexibility index (Phi) is 2.75. The molecule has 0 bridgehead atoms. The molecule has 0 saturated heterocycles. The first-order chi connectivity index (χ1) is 7.58. The van der Waals surface area contributed by atoms with Crippen LogP contribution in [0.1, 0.15) is 5.56 Å². The first kappa shape index (κ1) is 10.8. The fraction of sp³-hybridized carbons (Fsp3) is 0.182. The number of hydrogen-bond acceptors (Lipinski definition) is 2. The Morgan fingerprint density at radius 2 is 2.19 bits per heavy atom. The summed E-state index contributed by atoms with van der Waals surface area (Å²) in [6.45, 7) is 0.397. The topological polar surface area (TPSA) is 47.2 Å². The van der Waals surface area contributed by atoms with Gasteiger partial charge in [0.15, 0.2) is 0 Å². The zero-order chi connectivity index (χ0) is 11.7. The number of benzene rings is 1. The quantitative estimate of drug-likeness (QED) is 0.864. The summed E-state index contributed by atoms with van der Waals surface area (Å²) in [5.41, 5.74) is 0.665. The van der Waals surface area contributed by atoms with Crippen LogP contribution < -0.4 is 5.69 Å². The molecule has 1 N–H and O–H groups in total. The number of imidazole rings is 1. The van der Waals surface area contributed by atoms with Gasteiger partial charge in [0.25, 0.3) is 0 Å². The van der Waals surface area contributed by atoms with Gasteiger partial charge in [0.05, 0.1) is 12.7 Å². The lowest BCUT2D eigenvalue weighted by atomic mass is 10.2. The standard InChI is InChI=1S/C11H11ClN2O2/c1-13-10(15)7-14(11(13)16)6-8-3-2-4-9(12)5-8/h2-5,7,15H,6H2,1H3. The van der Waals surface area contributed by atoms with Crippen LogP contribution in [0.15, 0.2) is 35.3 Å². The van der Waals surface area contributed by atoms with Gasteiger partial charge >= 0.3 is 5.69 Å². The SMILES string of the molecule is Cn1c(O)cn(Cc2cccc(Cl)c2)c1=O. The number of hydrogen-bond donors (Lipinski definition) is 1. The second kappa shape index (κ2) is 4.06. The smallest absolute Gasteiger partial charge is 0.331 e. The molecule has 0 atom stereocenters. The van der Waals surface area contributed by atoms with Crippen molar-refractivity contribution < 1.29 is 5.11 Å². The maximum absolute atomic E-state index is 11.6. The molecule has 0 aliphatic carbocycles. The summed E-state index contributed by atoms with van der Waals surface area (Å²) in [7, 11) is 1.52. The van der Waals surface area contributed by atoms with Gasteiger partial charge in [-0.25, -0.2) is 4.79 Å². The minimum absolute atomic E-state index is 0.0490. The van der Waals surface area contributed by atoms with Crippen LogP contribution in [0.3, 0.4) is 0 Å². The van der Waals surface area contributed by atoms with Crippen LogP contribution in [0.5, 0.6) is 5.88 Å². The van der Waals surface area contributed by atoms with Gasteiger partial charge in [-0.2, -0.15) is 0 Å². The van der Waals surface area contributed by atoms with E-state index in [9.17, 15) is 9.90 Å². The molecule has 1 aromatic heterocycles. The molecule has 84 valence electrons. The summed E-state index contributed by atoms with van der Waals surface area (Å²) in [4.78, 5) is 11.6. The van der Waals surface area contributed by atoms with E-state index in [1.165, 1.54) is 22.4 Å². The normalized spacial score (nSPS) is 10.6. The summed E-state index contributed by atoms with van der Waals surface area (Å²) in [5.74, 6) is -0.0490. The van der Waals surface area contributed by atoms with Gasteiger partial charge in [-0.3, -0.25) is 9.13 Å². The summed E-state index contributed by atoms with van der Waals surface area (Å²) in [6.07, 6.45) is 1.41. The average molecular weight is 239 g/mol. The van der Waals surface area contributed by atoms with E-state index in [0.717, 1.165) is 5.56 Å². The zero-order valence-electron chi connectivity index (χ0n) is 8.72. The average Bonchev–Trinajstić information content (AvgIpc) is 2.47. The Morgan fingerprint density at radius 3 is 2.75 bits per heavy atom. The number of nitrogens with zero attached hydrogens (tertiary/aromatic N) is 2. The third-order valence-corrected chi connectivity index (χ3v) is 2.62. The summed E-state index contributed by atoms with van der Waals surface area (Å²) in [5, 5.41) is 10.00. The third-order valence-electron chi connectivity index (χ3n) is 2.39. The molecule has 1 aromatic carbocycles. The second-order valence-corrected chi connectivity index (χ2v) is 4.02. The van der Waals surface area contributed by atoms with Gasteiger partial charge in [0.1, 0.15) is 0 Å². The van der Waals surface area contributed by atoms with Crippen molar-refractivity contribution in [3.05, 3.63) is 51.5 Å². The lowest BCUT2D eigenvalue weighted by Crippen LogP contribution is -2.22. The molecule has 2 aromatic rings. The predicted octanol–water partition coefficient (Wildman–Crippen LogP) is 1.59. The number of aromatic hydroxyl groups is 1. The fourth-order valence-corrected chi connectivity index (χ4v) is 1.73. The largest absolute Gasteiger partial charge is 0.493 e. The Morgan fingerprint density at radius 1 is 1.44 bits per heavy atom. The van der Waals surface area contributed by atoms with Crippen molar-refractivity contribution in [1.82, 2.24) is 9.13 Å². The number of aromatic nitrogens is 2. The van der Waals surface area contributed by atoms with E-state index < -0.39 is 0 Å². The van der Waals surface area contributed by atoms with E-state index in [-0.39, 0.29) is 11.6 Å². The third kappa shape index (κ3) is 1.97. The summed E-state index contributed by atoms with van der Waals surface area (Å²) in [6, 6.07) is 7.27. The molecule has 16 heavy (non-hydrogen) atoms. The van der Waals surface area contributed by atoms with Crippen LogP contribution in [0.25, 0.3) is 0 Å². The van der Waals surface area contributed by atoms with E-state index in [4.69, 9.17) is 11.6 Å². The van der Waals surface area contributed by atoms with E-state index in [1.807, 2.05) is 12.1 Å². The molecular formula is C11H11ClN2O2. The molecule has 0 unspecified atom stereocenters. The lowest BCUT2D eigenvalue weighted by molar-refractivity contribution is 0.429. The van der Waals surface area contributed by atoms with Crippen molar-refractivity contribution in [3.63, 3.8) is 0 Å². The Bertz CT molecular complexity index is 572. The zero-order valence-corrected chi connectivity index (χ0v) is 9.48. The predicted molar refractivity (Wildman–Crippen MR) is 61.9 cm³/mol. The number of halogens is 1. The highest BCUT2D eigenvalue weighted by atomic mass is 35.5. The van der Waals surface area contributed by atoms with Gasteiger partial charge in [0.2, 0.25) is 5.88 Å². The Balaban J connectivity index is 2.34. The van der Waals surface area contributed by atoms with Crippen LogP contribution in [-0.4, -0.2) is 14.2 Å². The summed E-state index contributed by atoms with van der Waals surface area (Å²) < 4.78 is 2.62. The van der Waals surface area contributed by atoms with Crippen molar-refractivity contribution in [2.45, 2.75) is 6.54 Å². The Hall–Kier alpha value is -1.68. The van der Waals surface area contributed by atoms with Crippen LogP contribution in [0, 0.1) is 0 Å². The van der Waals surface area contributed by atoms with Gasteiger partial charge in [-0.15, -0.1) is 0 Å². The maximum Gasteiger partial charge on any atom is 0.331 e. The van der Waals surface area contributed by atoms with E-state index in [0.29, 0.717) is 11.6 Å². The summed E-state index contributed by atoms with van der Waals surface area (Å²) >= 11 is 5.85. The molecule has 5 heteroatoms. The van der Waals surface area contributed by atoms with Gasteiger partial charge in [0, 0.05) is 12.1 Å². The molecule has 0 spiro atoms. The van der Waals surface area contributed by atoms with Crippen LogP contribution in [-0.2, 0) is 13.6 Å².